The number of rotatable bonds is 5. The Morgan fingerprint density at radius 1 is 1.12 bits per heavy atom. The summed E-state index contributed by atoms with van der Waals surface area (Å²) in [5, 5.41) is 5.90. The molecule has 0 aliphatic heterocycles. The lowest BCUT2D eigenvalue weighted by molar-refractivity contribution is -0.118. The molecular weight excluding hydrogens is 377 g/mol. The monoisotopic (exact) mass is 389 g/mol. The van der Waals surface area contributed by atoms with Gasteiger partial charge >= 0.3 is 0 Å². The molecule has 0 atom stereocenters. The molecule has 7 heteroatoms. The Morgan fingerprint density at radius 3 is 2.64 bits per heavy atom. The molecule has 0 saturated heterocycles. The number of hydrogen-bond donors (Lipinski definition) is 1. The Hall–Kier alpha value is -2.08. The molecule has 0 fully saturated rings. The largest absolute Gasteiger partial charge is 0.272 e. The number of hydrogen-bond acceptors (Lipinski definition) is 4. The SMILES string of the molecule is O=C(CSc1cccc2cccnc12)N/N=C\c1c(Cl)cccc1Cl. The lowest BCUT2D eigenvalue weighted by Gasteiger charge is -2.05. The lowest BCUT2D eigenvalue weighted by atomic mass is 10.2. The van der Waals surface area contributed by atoms with Crippen LogP contribution < -0.4 is 5.43 Å². The third-order valence-corrected chi connectivity index (χ3v) is 5.04. The third kappa shape index (κ3) is 4.51. The fourth-order valence-electron chi connectivity index (χ4n) is 2.17. The van der Waals surface area contributed by atoms with Crippen molar-refractivity contribution >= 4 is 58.0 Å². The van der Waals surface area contributed by atoms with Crippen LogP contribution in [0.4, 0.5) is 0 Å². The summed E-state index contributed by atoms with van der Waals surface area (Å²) in [7, 11) is 0. The van der Waals surface area contributed by atoms with Gasteiger partial charge in [0.15, 0.2) is 0 Å². The van der Waals surface area contributed by atoms with Gasteiger partial charge in [-0.1, -0.05) is 47.5 Å². The minimum atomic E-state index is -0.225. The van der Waals surface area contributed by atoms with Crippen LogP contribution in [-0.4, -0.2) is 22.9 Å². The highest BCUT2D eigenvalue weighted by Crippen LogP contribution is 2.26. The maximum atomic E-state index is 12.0. The molecule has 0 unspecified atom stereocenters. The quantitative estimate of drug-likeness (QED) is 0.387. The third-order valence-electron chi connectivity index (χ3n) is 3.34. The molecule has 0 radical (unpaired) electrons. The standard InChI is InChI=1S/C18H13Cl2N3OS/c19-14-6-2-7-15(20)13(14)10-22-23-17(24)11-25-16-8-1-4-12-5-3-9-21-18(12)16/h1-10H,11H2,(H,23,24)/b22-10-. The number of pyridine rings is 1. The van der Waals surface area contributed by atoms with Gasteiger partial charge in [0.1, 0.15) is 0 Å². The van der Waals surface area contributed by atoms with Gasteiger partial charge in [-0.05, 0) is 24.3 Å². The van der Waals surface area contributed by atoms with E-state index < -0.39 is 0 Å². The first kappa shape index (κ1) is 17.7. The molecule has 0 bridgehead atoms. The van der Waals surface area contributed by atoms with E-state index in [4.69, 9.17) is 23.2 Å². The van der Waals surface area contributed by atoms with E-state index in [0.717, 1.165) is 15.8 Å². The first-order chi connectivity index (χ1) is 12.1. The Bertz CT molecular complexity index is 921. The molecule has 0 aliphatic carbocycles. The van der Waals surface area contributed by atoms with Crippen LogP contribution >= 0.6 is 35.0 Å². The molecule has 25 heavy (non-hydrogen) atoms. The summed E-state index contributed by atoms with van der Waals surface area (Å²) in [5.74, 6) is 0.000811. The summed E-state index contributed by atoms with van der Waals surface area (Å²) >= 11 is 13.5. The van der Waals surface area contributed by atoms with Crippen LogP contribution in [0, 0.1) is 0 Å². The minimum absolute atomic E-state index is 0.225. The fraction of sp³-hybridized carbons (Fsp3) is 0.0556. The van der Waals surface area contributed by atoms with Crippen LogP contribution in [0.15, 0.2) is 64.7 Å². The van der Waals surface area contributed by atoms with E-state index in [0.29, 0.717) is 15.6 Å². The fourth-order valence-corrected chi connectivity index (χ4v) is 3.50. The number of thioether (sulfide) groups is 1. The molecule has 1 N–H and O–H groups in total. The molecule has 3 rings (SSSR count). The Balaban J connectivity index is 1.61. The predicted molar refractivity (Wildman–Crippen MR) is 105 cm³/mol. The van der Waals surface area contributed by atoms with E-state index in [1.54, 1.807) is 24.4 Å². The van der Waals surface area contributed by atoms with Crippen LogP contribution in [0.3, 0.4) is 0 Å². The van der Waals surface area contributed by atoms with E-state index in [-0.39, 0.29) is 11.7 Å². The summed E-state index contributed by atoms with van der Waals surface area (Å²) < 4.78 is 0. The van der Waals surface area contributed by atoms with E-state index in [1.165, 1.54) is 18.0 Å². The van der Waals surface area contributed by atoms with Crippen molar-refractivity contribution < 1.29 is 4.79 Å². The first-order valence-electron chi connectivity index (χ1n) is 7.37. The molecule has 1 amide bonds. The van der Waals surface area contributed by atoms with Crippen LogP contribution in [0.5, 0.6) is 0 Å². The highest BCUT2D eigenvalue weighted by atomic mass is 35.5. The zero-order valence-electron chi connectivity index (χ0n) is 12.9. The molecule has 126 valence electrons. The topological polar surface area (TPSA) is 54.4 Å². The number of halogens is 2. The summed E-state index contributed by atoms with van der Waals surface area (Å²) in [6.07, 6.45) is 3.18. The van der Waals surface area contributed by atoms with Crippen molar-refractivity contribution in [1.29, 1.82) is 0 Å². The number of fused-ring (bicyclic) bond motifs is 1. The molecule has 4 nitrogen and oxygen atoms in total. The van der Waals surface area contributed by atoms with Crippen molar-refractivity contribution in [3.05, 3.63) is 70.3 Å². The van der Waals surface area contributed by atoms with Crippen LogP contribution in [0.1, 0.15) is 5.56 Å². The summed E-state index contributed by atoms with van der Waals surface area (Å²) in [4.78, 5) is 17.3. The second-order valence-corrected chi connectivity index (χ2v) is 6.88. The molecular formula is C18H13Cl2N3OS. The van der Waals surface area contributed by atoms with Gasteiger partial charge in [-0.3, -0.25) is 9.78 Å². The maximum Gasteiger partial charge on any atom is 0.250 e. The number of para-hydroxylation sites is 1. The maximum absolute atomic E-state index is 12.0. The Labute approximate surface area is 159 Å². The molecule has 0 spiro atoms. The van der Waals surface area contributed by atoms with Crippen molar-refractivity contribution in [2.24, 2.45) is 5.10 Å². The number of amides is 1. The number of carbonyl (C=O) groups is 1. The van der Waals surface area contributed by atoms with E-state index in [1.807, 2.05) is 30.3 Å². The van der Waals surface area contributed by atoms with Gasteiger partial charge in [0, 0.05) is 22.0 Å². The number of hydrazone groups is 1. The first-order valence-corrected chi connectivity index (χ1v) is 9.12. The number of nitrogens with one attached hydrogen (secondary N) is 1. The van der Waals surface area contributed by atoms with Gasteiger partial charge in [-0.25, -0.2) is 5.43 Å². The van der Waals surface area contributed by atoms with Gasteiger partial charge in [0.05, 0.1) is 27.5 Å². The normalized spacial score (nSPS) is 11.1. The van der Waals surface area contributed by atoms with E-state index in [2.05, 4.69) is 15.5 Å². The van der Waals surface area contributed by atoms with E-state index in [9.17, 15) is 4.79 Å². The number of carbonyl (C=O) groups excluding carboxylic acids is 1. The van der Waals surface area contributed by atoms with Crippen LogP contribution in [-0.2, 0) is 4.79 Å². The highest BCUT2D eigenvalue weighted by Gasteiger charge is 2.06. The van der Waals surface area contributed by atoms with Crippen LogP contribution in [0.25, 0.3) is 10.9 Å². The summed E-state index contributed by atoms with van der Waals surface area (Å²) in [6.45, 7) is 0. The van der Waals surface area contributed by atoms with Gasteiger partial charge in [0.2, 0.25) is 5.91 Å². The van der Waals surface area contributed by atoms with Crippen molar-refractivity contribution in [1.82, 2.24) is 10.4 Å². The zero-order chi connectivity index (χ0) is 17.6. The van der Waals surface area contributed by atoms with Gasteiger partial charge < -0.3 is 0 Å². The molecule has 1 aromatic heterocycles. The Kier molecular flexibility index (Phi) is 5.91. The summed E-state index contributed by atoms with van der Waals surface area (Å²) in [6, 6.07) is 14.9. The van der Waals surface area contributed by atoms with Crippen LogP contribution in [0.2, 0.25) is 10.0 Å². The van der Waals surface area contributed by atoms with Gasteiger partial charge in [0.25, 0.3) is 0 Å². The number of aromatic nitrogens is 1. The average molecular weight is 390 g/mol. The zero-order valence-corrected chi connectivity index (χ0v) is 15.3. The molecule has 0 saturated carbocycles. The van der Waals surface area contributed by atoms with Gasteiger partial charge in [-0.15, -0.1) is 11.8 Å². The van der Waals surface area contributed by atoms with Crippen molar-refractivity contribution in [2.75, 3.05) is 5.75 Å². The van der Waals surface area contributed by atoms with Gasteiger partial charge in [-0.2, -0.15) is 5.10 Å². The second-order valence-electron chi connectivity index (χ2n) is 5.05. The number of benzene rings is 2. The van der Waals surface area contributed by atoms with Crippen molar-refractivity contribution in [3.63, 3.8) is 0 Å². The minimum Gasteiger partial charge on any atom is -0.272 e. The predicted octanol–water partition coefficient (Wildman–Crippen LogP) is 4.78. The second kappa shape index (κ2) is 8.34. The summed E-state index contributed by atoms with van der Waals surface area (Å²) in [5.41, 5.74) is 3.93. The number of nitrogens with zero attached hydrogens (tertiary/aromatic N) is 2. The average Bonchev–Trinajstić information content (AvgIpc) is 2.62. The molecule has 1 heterocycles. The highest BCUT2D eigenvalue weighted by molar-refractivity contribution is 8.00. The lowest BCUT2D eigenvalue weighted by Crippen LogP contribution is -2.19. The Morgan fingerprint density at radius 2 is 1.84 bits per heavy atom. The van der Waals surface area contributed by atoms with E-state index >= 15 is 0 Å². The van der Waals surface area contributed by atoms with Crippen molar-refractivity contribution in [3.8, 4) is 0 Å². The molecule has 3 aromatic rings. The molecule has 2 aromatic carbocycles. The smallest absolute Gasteiger partial charge is 0.250 e. The van der Waals surface area contributed by atoms with Crippen molar-refractivity contribution in [2.45, 2.75) is 4.90 Å². The molecule has 0 aliphatic rings.